The van der Waals surface area contributed by atoms with Gasteiger partial charge in [0, 0.05) is 46.7 Å². The van der Waals surface area contributed by atoms with E-state index in [-0.39, 0.29) is 24.1 Å². The molecule has 186 valence electrons. The van der Waals surface area contributed by atoms with Crippen molar-refractivity contribution >= 4 is 28.7 Å². The van der Waals surface area contributed by atoms with E-state index in [0.717, 1.165) is 59.3 Å². The van der Waals surface area contributed by atoms with Gasteiger partial charge in [-0.2, -0.15) is 0 Å². The van der Waals surface area contributed by atoms with Gasteiger partial charge in [-0.15, -0.1) is 11.8 Å². The Morgan fingerprint density at radius 2 is 2.00 bits per heavy atom. The van der Waals surface area contributed by atoms with Gasteiger partial charge in [0.15, 0.2) is 0 Å². The van der Waals surface area contributed by atoms with Crippen molar-refractivity contribution in [2.45, 2.75) is 70.0 Å². The molecule has 1 amide bonds. The Morgan fingerprint density at radius 1 is 1.26 bits per heavy atom. The number of rotatable bonds is 7. The molecule has 0 radical (unpaired) electrons. The molecule has 2 fully saturated rings. The number of aromatic amines is 1. The maximum absolute atomic E-state index is 13.5. The first kappa shape index (κ1) is 24.1. The standard InChI is InChI=1S/C26H34N6O2S/c1-15-11-22(35-4)20(25(33)30-15)13-28-26(34)23-17(3)32(24-21(23)12-27-14-29-24)16(2)18-7-9-31(10-8-18)19-5-6-19/h11-12,14,16,18-19H,5-10,13H2,1-4H3,(H,28,34)(H,30,33)/t16-/m1/s1. The van der Waals surface area contributed by atoms with Crippen molar-refractivity contribution in [3.63, 3.8) is 0 Å². The molecule has 35 heavy (non-hydrogen) atoms. The lowest BCUT2D eigenvalue weighted by Gasteiger charge is -2.36. The summed E-state index contributed by atoms with van der Waals surface area (Å²) in [6, 6.07) is 2.99. The van der Waals surface area contributed by atoms with Crippen LogP contribution in [-0.4, -0.2) is 55.7 Å². The summed E-state index contributed by atoms with van der Waals surface area (Å²) in [6.07, 6.45) is 10.3. The summed E-state index contributed by atoms with van der Waals surface area (Å²) >= 11 is 1.51. The van der Waals surface area contributed by atoms with Crippen molar-refractivity contribution in [3.05, 3.63) is 51.5 Å². The topological polar surface area (TPSA) is 95.9 Å². The Hall–Kier alpha value is -2.65. The van der Waals surface area contributed by atoms with E-state index in [0.29, 0.717) is 17.0 Å². The third-order valence-corrected chi connectivity index (χ3v) is 8.55. The highest BCUT2D eigenvalue weighted by Crippen LogP contribution is 2.37. The minimum absolute atomic E-state index is 0.164. The quantitative estimate of drug-likeness (QED) is 0.485. The number of carbonyl (C=O) groups is 1. The number of aryl methyl sites for hydroxylation is 1. The lowest BCUT2D eigenvalue weighted by molar-refractivity contribution is 0.0950. The minimum atomic E-state index is -0.205. The molecule has 3 aromatic rings. The predicted molar refractivity (Wildman–Crippen MR) is 139 cm³/mol. The Morgan fingerprint density at radius 3 is 2.69 bits per heavy atom. The van der Waals surface area contributed by atoms with Gasteiger partial charge in [-0.1, -0.05) is 0 Å². The fraction of sp³-hybridized carbons (Fsp3) is 0.538. The number of hydrogen-bond acceptors (Lipinski definition) is 6. The number of piperidine rings is 1. The molecule has 8 nitrogen and oxygen atoms in total. The first-order valence-corrected chi connectivity index (χ1v) is 13.7. The van der Waals surface area contributed by atoms with Crippen LogP contribution >= 0.6 is 11.8 Å². The molecule has 4 heterocycles. The maximum Gasteiger partial charge on any atom is 0.254 e. The summed E-state index contributed by atoms with van der Waals surface area (Å²) in [6.45, 7) is 8.59. The van der Waals surface area contributed by atoms with Crippen LogP contribution in [0, 0.1) is 19.8 Å². The number of thioether (sulfide) groups is 1. The summed E-state index contributed by atoms with van der Waals surface area (Å²) < 4.78 is 2.23. The molecule has 9 heteroatoms. The van der Waals surface area contributed by atoms with E-state index < -0.39 is 0 Å². The first-order valence-electron chi connectivity index (χ1n) is 12.5. The van der Waals surface area contributed by atoms with Gasteiger partial charge in [-0.3, -0.25) is 9.59 Å². The fourth-order valence-corrected chi connectivity index (χ4v) is 6.37. The summed E-state index contributed by atoms with van der Waals surface area (Å²) in [4.78, 5) is 41.2. The molecule has 3 aromatic heterocycles. The maximum atomic E-state index is 13.5. The van der Waals surface area contributed by atoms with Crippen LogP contribution in [0.2, 0.25) is 0 Å². The first-order chi connectivity index (χ1) is 16.9. The molecule has 2 aliphatic rings. The van der Waals surface area contributed by atoms with Gasteiger partial charge in [0.2, 0.25) is 0 Å². The van der Waals surface area contributed by atoms with E-state index in [2.05, 4.69) is 36.7 Å². The largest absolute Gasteiger partial charge is 0.348 e. The Kier molecular flexibility index (Phi) is 6.72. The molecular weight excluding hydrogens is 460 g/mol. The summed E-state index contributed by atoms with van der Waals surface area (Å²) in [5, 5.41) is 3.75. The normalized spacial score (nSPS) is 18.2. The second-order valence-corrected chi connectivity index (χ2v) is 10.8. The molecule has 2 N–H and O–H groups in total. The van der Waals surface area contributed by atoms with Crippen LogP contribution in [0.3, 0.4) is 0 Å². The van der Waals surface area contributed by atoms with Crippen LogP contribution < -0.4 is 10.9 Å². The van der Waals surface area contributed by atoms with Gasteiger partial charge in [0.25, 0.3) is 11.5 Å². The average Bonchev–Trinajstić information content (AvgIpc) is 3.65. The third kappa shape index (κ3) is 4.63. The van der Waals surface area contributed by atoms with Crippen molar-refractivity contribution in [2.24, 2.45) is 5.92 Å². The monoisotopic (exact) mass is 494 g/mol. The molecule has 0 spiro atoms. The van der Waals surface area contributed by atoms with Gasteiger partial charge in [0.1, 0.15) is 12.0 Å². The third-order valence-electron chi connectivity index (χ3n) is 7.74. The van der Waals surface area contributed by atoms with Crippen LogP contribution in [0.1, 0.15) is 66.0 Å². The number of nitrogens with one attached hydrogen (secondary N) is 2. The molecule has 0 aromatic carbocycles. The van der Waals surface area contributed by atoms with E-state index in [1.807, 2.05) is 26.2 Å². The van der Waals surface area contributed by atoms with Crippen LogP contribution in [0.15, 0.2) is 28.3 Å². The molecule has 0 unspecified atom stereocenters. The second kappa shape index (κ2) is 9.78. The van der Waals surface area contributed by atoms with Crippen molar-refractivity contribution in [3.8, 4) is 0 Å². The smallest absolute Gasteiger partial charge is 0.254 e. The summed E-state index contributed by atoms with van der Waals surface area (Å²) in [5.41, 5.74) is 3.52. The zero-order chi connectivity index (χ0) is 24.7. The van der Waals surface area contributed by atoms with Crippen LogP contribution in [0.25, 0.3) is 11.0 Å². The van der Waals surface area contributed by atoms with Crippen LogP contribution in [0.5, 0.6) is 0 Å². The van der Waals surface area contributed by atoms with E-state index in [9.17, 15) is 9.59 Å². The zero-order valence-corrected chi connectivity index (χ0v) is 21.7. The number of fused-ring (bicyclic) bond motifs is 1. The van der Waals surface area contributed by atoms with Crippen LogP contribution in [0.4, 0.5) is 0 Å². The Labute approximate surface area is 209 Å². The highest BCUT2D eigenvalue weighted by atomic mass is 32.2. The lowest BCUT2D eigenvalue weighted by Crippen LogP contribution is -2.37. The lowest BCUT2D eigenvalue weighted by atomic mass is 9.90. The highest BCUT2D eigenvalue weighted by molar-refractivity contribution is 7.98. The zero-order valence-electron chi connectivity index (χ0n) is 20.9. The number of aromatic nitrogens is 4. The molecule has 1 aliphatic heterocycles. The van der Waals surface area contributed by atoms with E-state index in [1.165, 1.54) is 24.6 Å². The molecule has 5 rings (SSSR count). The second-order valence-electron chi connectivity index (χ2n) is 9.95. The van der Waals surface area contributed by atoms with Crippen molar-refractivity contribution in [1.82, 2.24) is 29.7 Å². The SMILES string of the molecule is CSc1cc(C)[nH]c(=O)c1CNC(=O)c1c(C)n([C@H](C)C2CCN(C3CC3)CC2)c2ncncc12. The summed E-state index contributed by atoms with van der Waals surface area (Å²) in [7, 11) is 0. The predicted octanol–water partition coefficient (Wildman–Crippen LogP) is 3.82. The van der Waals surface area contributed by atoms with E-state index in [1.54, 1.807) is 12.5 Å². The molecule has 1 saturated heterocycles. The number of nitrogens with zero attached hydrogens (tertiary/aromatic N) is 4. The number of hydrogen-bond donors (Lipinski definition) is 2. The number of carbonyl (C=O) groups excluding carboxylic acids is 1. The van der Waals surface area contributed by atoms with Gasteiger partial charge < -0.3 is 19.8 Å². The highest BCUT2D eigenvalue weighted by Gasteiger charge is 2.34. The molecule has 0 bridgehead atoms. The van der Waals surface area contributed by atoms with Crippen LogP contribution in [-0.2, 0) is 6.54 Å². The molecular formula is C26H34N6O2S. The van der Waals surface area contributed by atoms with Crippen molar-refractivity contribution in [2.75, 3.05) is 19.3 Å². The number of pyridine rings is 1. The average molecular weight is 495 g/mol. The van der Waals surface area contributed by atoms with E-state index >= 15 is 0 Å². The minimum Gasteiger partial charge on any atom is -0.348 e. The van der Waals surface area contributed by atoms with Crippen molar-refractivity contribution < 1.29 is 4.79 Å². The fourth-order valence-electron chi connectivity index (χ4n) is 5.66. The Bertz CT molecular complexity index is 1300. The molecule has 1 saturated carbocycles. The van der Waals surface area contributed by atoms with Gasteiger partial charge >= 0.3 is 0 Å². The van der Waals surface area contributed by atoms with Gasteiger partial charge in [-0.25, -0.2) is 9.97 Å². The molecule has 1 atom stereocenters. The van der Waals surface area contributed by atoms with Gasteiger partial charge in [0.05, 0.1) is 10.9 Å². The number of amides is 1. The molecule has 1 aliphatic carbocycles. The van der Waals surface area contributed by atoms with E-state index in [4.69, 9.17) is 0 Å². The number of H-pyrrole nitrogens is 1. The Balaban J connectivity index is 1.41. The summed E-state index contributed by atoms with van der Waals surface area (Å²) in [5.74, 6) is 0.337. The number of likely N-dealkylation sites (tertiary alicyclic amines) is 1. The van der Waals surface area contributed by atoms with Crippen molar-refractivity contribution in [1.29, 1.82) is 0 Å². The van der Waals surface area contributed by atoms with Gasteiger partial charge in [-0.05, 0) is 77.8 Å².